The second kappa shape index (κ2) is 12.7. The Morgan fingerprint density at radius 2 is 2.08 bits per heavy atom. The molecule has 7 heteroatoms. The minimum Gasteiger partial charge on any atom is -0.381 e. The van der Waals surface area contributed by atoms with Gasteiger partial charge in [-0.15, -0.1) is 24.0 Å². The van der Waals surface area contributed by atoms with E-state index in [9.17, 15) is 0 Å². The minimum absolute atomic E-state index is 0. The molecule has 0 spiro atoms. The lowest BCUT2D eigenvalue weighted by Gasteiger charge is -2.22. The van der Waals surface area contributed by atoms with Crippen molar-refractivity contribution in [2.75, 3.05) is 33.4 Å². The lowest BCUT2D eigenvalue weighted by Crippen LogP contribution is -2.39. The monoisotopic (exact) mass is 481 g/mol. The van der Waals surface area contributed by atoms with Crippen LogP contribution in [0.3, 0.4) is 0 Å². The number of hydrogen-bond acceptors (Lipinski definition) is 3. The molecule has 25 heavy (non-hydrogen) atoms. The molecule has 1 heterocycles. The number of aliphatic imine (C=N–C) groups is 1. The summed E-state index contributed by atoms with van der Waals surface area (Å²) in [6, 6.07) is 7.93. The molecule has 1 saturated heterocycles. The zero-order valence-corrected chi connectivity index (χ0v) is 18.1. The van der Waals surface area contributed by atoms with Crippen molar-refractivity contribution in [3.63, 3.8) is 0 Å². The number of benzene rings is 1. The summed E-state index contributed by atoms with van der Waals surface area (Å²) >= 11 is 6.24. The van der Waals surface area contributed by atoms with Crippen LogP contribution in [0.5, 0.6) is 0 Å². The van der Waals surface area contributed by atoms with Gasteiger partial charge in [0.1, 0.15) is 0 Å². The molecule has 1 fully saturated rings. The van der Waals surface area contributed by atoms with Crippen LogP contribution >= 0.6 is 35.6 Å². The van der Waals surface area contributed by atoms with Gasteiger partial charge < -0.3 is 20.1 Å². The average Bonchev–Trinajstić information content (AvgIpc) is 2.61. The van der Waals surface area contributed by atoms with Gasteiger partial charge in [-0.2, -0.15) is 0 Å². The van der Waals surface area contributed by atoms with Crippen molar-refractivity contribution >= 4 is 41.5 Å². The largest absolute Gasteiger partial charge is 0.381 e. The summed E-state index contributed by atoms with van der Waals surface area (Å²) in [6.07, 6.45) is 3.31. The molecule has 0 amide bonds. The van der Waals surface area contributed by atoms with E-state index in [-0.39, 0.29) is 30.0 Å². The van der Waals surface area contributed by atoms with E-state index in [1.807, 2.05) is 24.3 Å². The van der Waals surface area contributed by atoms with Crippen LogP contribution in [-0.2, 0) is 9.47 Å². The summed E-state index contributed by atoms with van der Waals surface area (Å²) in [4.78, 5) is 4.26. The Bertz CT molecular complexity index is 525. The molecule has 1 aliphatic rings. The third kappa shape index (κ3) is 8.11. The van der Waals surface area contributed by atoms with Gasteiger partial charge in [0.2, 0.25) is 0 Å². The van der Waals surface area contributed by atoms with Crippen LogP contribution in [0.25, 0.3) is 0 Å². The number of guanidine groups is 1. The van der Waals surface area contributed by atoms with Gasteiger partial charge in [-0.3, -0.25) is 4.99 Å². The molecule has 0 bridgehead atoms. The van der Waals surface area contributed by atoms with E-state index in [2.05, 4.69) is 22.5 Å². The Labute approximate surface area is 172 Å². The van der Waals surface area contributed by atoms with E-state index in [0.29, 0.717) is 6.10 Å². The fourth-order valence-electron chi connectivity index (χ4n) is 2.68. The van der Waals surface area contributed by atoms with Crippen LogP contribution in [-0.4, -0.2) is 45.5 Å². The third-order valence-corrected chi connectivity index (χ3v) is 4.43. The lowest BCUT2D eigenvalue weighted by atomic mass is 10.1. The Morgan fingerprint density at radius 3 is 2.76 bits per heavy atom. The standard InChI is InChI=1S/C18H28ClN3O2.HI/c1-14(16-6-3-4-7-17(16)19)22-18(20-2)21-10-5-11-24-15-8-12-23-13-9-15;/h3-4,6-7,14-15H,5,8-13H2,1-2H3,(H2,20,21,22);1H. The molecule has 1 atom stereocenters. The smallest absolute Gasteiger partial charge is 0.191 e. The molecular formula is C18H29ClIN3O2. The highest BCUT2D eigenvalue weighted by Crippen LogP contribution is 2.21. The molecule has 0 aliphatic carbocycles. The van der Waals surface area contributed by atoms with E-state index in [1.54, 1.807) is 7.05 Å². The van der Waals surface area contributed by atoms with Crippen LogP contribution in [0.4, 0.5) is 0 Å². The molecule has 0 radical (unpaired) electrons. The van der Waals surface area contributed by atoms with E-state index in [4.69, 9.17) is 21.1 Å². The number of rotatable bonds is 7. The topological polar surface area (TPSA) is 54.9 Å². The molecule has 1 aliphatic heterocycles. The third-order valence-electron chi connectivity index (χ3n) is 4.08. The van der Waals surface area contributed by atoms with Crippen molar-refractivity contribution in [3.8, 4) is 0 Å². The first kappa shape index (κ1) is 22.5. The zero-order chi connectivity index (χ0) is 17.2. The second-order valence-corrected chi connectivity index (χ2v) is 6.33. The molecule has 0 aromatic heterocycles. The number of nitrogens with one attached hydrogen (secondary N) is 2. The van der Waals surface area contributed by atoms with Gasteiger partial charge in [-0.1, -0.05) is 29.8 Å². The normalized spacial score (nSPS) is 16.8. The Balaban J connectivity index is 0.00000312. The van der Waals surface area contributed by atoms with Gasteiger partial charge in [0, 0.05) is 38.4 Å². The second-order valence-electron chi connectivity index (χ2n) is 5.92. The fraction of sp³-hybridized carbons (Fsp3) is 0.611. The highest BCUT2D eigenvalue weighted by molar-refractivity contribution is 14.0. The van der Waals surface area contributed by atoms with Crippen LogP contribution in [0, 0.1) is 0 Å². The molecule has 0 saturated carbocycles. The maximum atomic E-state index is 6.24. The number of nitrogens with zero attached hydrogens (tertiary/aromatic N) is 1. The quantitative estimate of drug-likeness (QED) is 0.269. The number of ether oxygens (including phenoxy) is 2. The van der Waals surface area contributed by atoms with Crippen molar-refractivity contribution in [1.29, 1.82) is 0 Å². The van der Waals surface area contributed by atoms with E-state index >= 15 is 0 Å². The summed E-state index contributed by atoms with van der Waals surface area (Å²) in [5.41, 5.74) is 1.06. The summed E-state index contributed by atoms with van der Waals surface area (Å²) in [5.74, 6) is 0.772. The summed E-state index contributed by atoms with van der Waals surface area (Å²) in [7, 11) is 1.77. The van der Waals surface area contributed by atoms with Gasteiger partial charge in [-0.05, 0) is 37.8 Å². The summed E-state index contributed by atoms with van der Waals surface area (Å²) in [6.45, 7) is 5.29. The van der Waals surface area contributed by atoms with Gasteiger partial charge >= 0.3 is 0 Å². The maximum Gasteiger partial charge on any atom is 0.191 e. The number of halogens is 2. The van der Waals surface area contributed by atoms with E-state index in [1.165, 1.54) is 0 Å². The maximum absolute atomic E-state index is 6.24. The van der Waals surface area contributed by atoms with Crippen molar-refractivity contribution in [3.05, 3.63) is 34.9 Å². The van der Waals surface area contributed by atoms with Crippen LogP contribution in [0.1, 0.15) is 37.8 Å². The SMILES string of the molecule is CN=C(NCCCOC1CCOCC1)NC(C)c1ccccc1Cl.I. The van der Waals surface area contributed by atoms with Crippen molar-refractivity contribution in [2.24, 2.45) is 4.99 Å². The highest BCUT2D eigenvalue weighted by Gasteiger charge is 2.14. The van der Waals surface area contributed by atoms with Crippen molar-refractivity contribution < 1.29 is 9.47 Å². The highest BCUT2D eigenvalue weighted by atomic mass is 127. The average molecular weight is 482 g/mol. The number of hydrogen-bond donors (Lipinski definition) is 2. The molecule has 1 unspecified atom stereocenters. The zero-order valence-electron chi connectivity index (χ0n) is 15.0. The fourth-order valence-corrected chi connectivity index (χ4v) is 2.97. The van der Waals surface area contributed by atoms with Gasteiger partial charge in [0.05, 0.1) is 12.1 Å². The predicted octanol–water partition coefficient (Wildman–Crippen LogP) is 3.77. The van der Waals surface area contributed by atoms with Crippen LogP contribution < -0.4 is 10.6 Å². The molecule has 2 rings (SSSR count). The molecule has 5 nitrogen and oxygen atoms in total. The lowest BCUT2D eigenvalue weighted by molar-refractivity contribution is -0.0320. The summed E-state index contributed by atoms with van der Waals surface area (Å²) < 4.78 is 11.2. The van der Waals surface area contributed by atoms with Gasteiger partial charge in [0.25, 0.3) is 0 Å². The minimum atomic E-state index is 0. The van der Waals surface area contributed by atoms with Gasteiger partial charge in [0.15, 0.2) is 5.96 Å². The molecule has 1 aromatic rings. The molecule has 142 valence electrons. The van der Waals surface area contributed by atoms with Crippen molar-refractivity contribution in [1.82, 2.24) is 10.6 Å². The van der Waals surface area contributed by atoms with Crippen LogP contribution in [0.2, 0.25) is 5.02 Å². The summed E-state index contributed by atoms with van der Waals surface area (Å²) in [5, 5.41) is 7.44. The Kier molecular flexibility index (Phi) is 11.4. The first-order chi connectivity index (χ1) is 11.7. The van der Waals surface area contributed by atoms with Crippen LogP contribution in [0.15, 0.2) is 29.3 Å². The first-order valence-corrected chi connectivity index (χ1v) is 8.99. The predicted molar refractivity (Wildman–Crippen MR) is 114 cm³/mol. The molecule has 1 aromatic carbocycles. The van der Waals surface area contributed by atoms with Crippen molar-refractivity contribution in [2.45, 2.75) is 38.3 Å². The van der Waals surface area contributed by atoms with E-state index in [0.717, 1.165) is 62.2 Å². The Morgan fingerprint density at radius 1 is 1.36 bits per heavy atom. The van der Waals surface area contributed by atoms with E-state index < -0.39 is 0 Å². The molecule has 2 N–H and O–H groups in total. The molecular weight excluding hydrogens is 453 g/mol. The van der Waals surface area contributed by atoms with Gasteiger partial charge in [-0.25, -0.2) is 0 Å². The Hall–Kier alpha value is -0.570. The first-order valence-electron chi connectivity index (χ1n) is 8.61.